The molecule has 0 aliphatic carbocycles. The summed E-state index contributed by atoms with van der Waals surface area (Å²) < 4.78 is 19.1. The Morgan fingerprint density at radius 1 is 1.45 bits per heavy atom. The summed E-state index contributed by atoms with van der Waals surface area (Å²) >= 11 is 8.75. The average Bonchev–Trinajstić information content (AvgIpc) is 2.35. The van der Waals surface area contributed by atoms with Crippen LogP contribution in [0.5, 0.6) is 11.6 Å². The Bertz CT molecular complexity index is 699. The predicted octanol–water partition coefficient (Wildman–Crippen LogP) is 3.92. The quantitative estimate of drug-likeness (QED) is 0.507. The van der Waals surface area contributed by atoms with Gasteiger partial charge in [0.25, 0.3) is 0 Å². The first-order valence-corrected chi connectivity index (χ1v) is 6.29. The van der Waals surface area contributed by atoms with Gasteiger partial charge in [0, 0.05) is 18.2 Å². The normalized spacial score (nSPS) is 10.3. The second-order valence-corrected chi connectivity index (χ2v) is 4.87. The van der Waals surface area contributed by atoms with E-state index in [1.54, 1.807) is 0 Å². The minimum atomic E-state index is -0.667. The highest BCUT2D eigenvalue weighted by Gasteiger charge is 2.15. The number of aromatic nitrogens is 1. The summed E-state index contributed by atoms with van der Waals surface area (Å²) in [5.74, 6) is -0.846. The van der Waals surface area contributed by atoms with E-state index >= 15 is 0 Å². The van der Waals surface area contributed by atoms with Gasteiger partial charge in [-0.3, -0.25) is 10.1 Å². The average molecular weight is 363 g/mol. The fraction of sp³-hybridized carbons (Fsp3) is 0. The minimum absolute atomic E-state index is 0.00415. The van der Waals surface area contributed by atoms with Crippen molar-refractivity contribution in [2.45, 2.75) is 0 Å². The Hall–Kier alpha value is -1.93. The molecule has 6 nitrogen and oxygen atoms in total. The van der Waals surface area contributed by atoms with Crippen molar-refractivity contribution in [1.82, 2.24) is 4.98 Å². The Morgan fingerprint density at radius 3 is 2.75 bits per heavy atom. The lowest BCUT2D eigenvalue weighted by molar-refractivity contribution is -0.384. The van der Waals surface area contributed by atoms with Crippen LogP contribution in [0.3, 0.4) is 0 Å². The molecule has 1 heterocycles. The van der Waals surface area contributed by atoms with E-state index in [2.05, 4.69) is 20.9 Å². The molecule has 0 saturated heterocycles. The number of nitrogen functional groups attached to an aromatic ring is 1. The number of nitro groups is 1. The Labute approximate surface area is 125 Å². The zero-order valence-corrected chi connectivity index (χ0v) is 12.0. The second kappa shape index (κ2) is 5.59. The second-order valence-electron chi connectivity index (χ2n) is 3.61. The van der Waals surface area contributed by atoms with E-state index in [0.717, 1.165) is 12.1 Å². The lowest BCUT2D eigenvalue weighted by Crippen LogP contribution is -2.00. The van der Waals surface area contributed by atoms with Gasteiger partial charge in [-0.2, -0.15) is 4.98 Å². The number of hydrogen-bond acceptors (Lipinski definition) is 5. The number of nitrogens with zero attached hydrogens (tertiary/aromatic N) is 2. The summed E-state index contributed by atoms with van der Waals surface area (Å²) in [5, 5.41) is 10.5. The summed E-state index contributed by atoms with van der Waals surface area (Å²) in [4.78, 5) is 13.7. The van der Waals surface area contributed by atoms with Gasteiger partial charge in [0.2, 0.25) is 11.7 Å². The zero-order chi connectivity index (χ0) is 14.9. The van der Waals surface area contributed by atoms with Gasteiger partial charge in [0.05, 0.1) is 14.4 Å². The van der Waals surface area contributed by atoms with Crippen molar-refractivity contribution in [2.24, 2.45) is 0 Å². The summed E-state index contributed by atoms with van der Waals surface area (Å²) in [6, 6.07) is 4.79. The standard InChI is InChI=1S/C11H6BrClFN3O3/c12-5-3-6(13)7(14)4-9(5)20-10-2-1-8(17(18)19)11(15)16-10/h1-4H,(H2,15,16). The molecule has 20 heavy (non-hydrogen) atoms. The lowest BCUT2D eigenvalue weighted by Gasteiger charge is -2.08. The fourth-order valence-corrected chi connectivity index (χ4v) is 2.08. The highest BCUT2D eigenvalue weighted by molar-refractivity contribution is 9.10. The van der Waals surface area contributed by atoms with Crippen molar-refractivity contribution in [3.63, 3.8) is 0 Å². The molecule has 2 N–H and O–H groups in total. The first kappa shape index (κ1) is 14.5. The molecule has 1 aromatic carbocycles. The number of halogens is 3. The smallest absolute Gasteiger partial charge is 0.311 e. The van der Waals surface area contributed by atoms with Crippen LogP contribution in [0.4, 0.5) is 15.9 Å². The minimum Gasteiger partial charge on any atom is -0.438 e. The lowest BCUT2D eigenvalue weighted by atomic mass is 10.3. The number of benzene rings is 1. The molecule has 0 fully saturated rings. The van der Waals surface area contributed by atoms with Crippen molar-refractivity contribution in [3.05, 3.63) is 49.7 Å². The van der Waals surface area contributed by atoms with Crippen LogP contribution >= 0.6 is 27.5 Å². The molecule has 0 unspecified atom stereocenters. The van der Waals surface area contributed by atoms with E-state index in [4.69, 9.17) is 22.1 Å². The summed E-state index contributed by atoms with van der Waals surface area (Å²) in [5.41, 5.74) is 5.09. The maximum Gasteiger partial charge on any atom is 0.311 e. The summed E-state index contributed by atoms with van der Waals surface area (Å²) in [6.07, 6.45) is 0. The van der Waals surface area contributed by atoms with Crippen molar-refractivity contribution in [2.75, 3.05) is 5.73 Å². The molecule has 104 valence electrons. The third-order valence-corrected chi connectivity index (χ3v) is 3.17. The van der Waals surface area contributed by atoms with Gasteiger partial charge in [-0.05, 0) is 22.0 Å². The van der Waals surface area contributed by atoms with Gasteiger partial charge in [-0.1, -0.05) is 11.6 Å². The van der Waals surface area contributed by atoms with E-state index < -0.39 is 10.7 Å². The van der Waals surface area contributed by atoms with Crippen LogP contribution in [-0.4, -0.2) is 9.91 Å². The monoisotopic (exact) mass is 361 g/mol. The number of anilines is 1. The maximum atomic E-state index is 13.3. The van der Waals surface area contributed by atoms with Crippen LogP contribution in [-0.2, 0) is 0 Å². The topological polar surface area (TPSA) is 91.3 Å². The van der Waals surface area contributed by atoms with Crippen LogP contribution in [0.1, 0.15) is 0 Å². The third kappa shape index (κ3) is 2.97. The van der Waals surface area contributed by atoms with Crippen molar-refractivity contribution in [1.29, 1.82) is 0 Å². The summed E-state index contributed by atoms with van der Waals surface area (Å²) in [6.45, 7) is 0. The largest absolute Gasteiger partial charge is 0.438 e. The molecular weight excluding hydrogens is 356 g/mol. The molecular formula is C11H6BrClFN3O3. The van der Waals surface area contributed by atoms with Gasteiger partial charge in [-0.25, -0.2) is 4.39 Å². The number of ether oxygens (including phenoxy) is 1. The molecule has 0 spiro atoms. The van der Waals surface area contributed by atoms with E-state index in [-0.39, 0.29) is 28.2 Å². The number of rotatable bonds is 3. The molecule has 0 atom stereocenters. The zero-order valence-electron chi connectivity index (χ0n) is 9.64. The van der Waals surface area contributed by atoms with Crippen molar-refractivity contribution >= 4 is 39.0 Å². The first-order valence-electron chi connectivity index (χ1n) is 5.12. The number of pyridine rings is 1. The van der Waals surface area contributed by atoms with Gasteiger partial charge in [-0.15, -0.1) is 0 Å². The van der Waals surface area contributed by atoms with E-state index in [0.29, 0.717) is 4.47 Å². The Kier molecular flexibility index (Phi) is 4.05. The highest BCUT2D eigenvalue weighted by Crippen LogP contribution is 2.34. The summed E-state index contributed by atoms with van der Waals surface area (Å²) in [7, 11) is 0. The van der Waals surface area contributed by atoms with E-state index in [1.165, 1.54) is 12.1 Å². The fourth-order valence-electron chi connectivity index (χ4n) is 1.36. The van der Waals surface area contributed by atoms with Gasteiger partial charge >= 0.3 is 5.69 Å². The Balaban J connectivity index is 2.33. The SMILES string of the molecule is Nc1nc(Oc2cc(F)c(Cl)cc2Br)ccc1[N+](=O)[O-]. The molecule has 0 aliphatic heterocycles. The van der Waals surface area contributed by atoms with E-state index in [1.807, 2.05) is 0 Å². The first-order chi connectivity index (χ1) is 9.38. The van der Waals surface area contributed by atoms with Crippen LogP contribution in [0, 0.1) is 15.9 Å². The molecule has 9 heteroatoms. The van der Waals surface area contributed by atoms with Crippen molar-refractivity contribution in [3.8, 4) is 11.6 Å². The molecule has 0 aliphatic rings. The molecule has 0 saturated carbocycles. The van der Waals surface area contributed by atoms with Gasteiger partial charge < -0.3 is 10.5 Å². The van der Waals surface area contributed by atoms with Gasteiger partial charge in [0.1, 0.15) is 11.6 Å². The van der Waals surface area contributed by atoms with Crippen LogP contribution in [0.25, 0.3) is 0 Å². The Morgan fingerprint density at radius 2 is 2.15 bits per heavy atom. The molecule has 0 bridgehead atoms. The van der Waals surface area contributed by atoms with Crippen LogP contribution in [0.2, 0.25) is 5.02 Å². The molecule has 1 aromatic heterocycles. The van der Waals surface area contributed by atoms with Crippen LogP contribution in [0.15, 0.2) is 28.7 Å². The maximum absolute atomic E-state index is 13.3. The highest BCUT2D eigenvalue weighted by atomic mass is 79.9. The number of nitrogens with two attached hydrogens (primary N) is 1. The van der Waals surface area contributed by atoms with Crippen LogP contribution < -0.4 is 10.5 Å². The molecule has 0 amide bonds. The molecule has 2 aromatic rings. The molecule has 0 radical (unpaired) electrons. The van der Waals surface area contributed by atoms with E-state index in [9.17, 15) is 14.5 Å². The predicted molar refractivity (Wildman–Crippen MR) is 74.5 cm³/mol. The third-order valence-electron chi connectivity index (χ3n) is 2.26. The van der Waals surface area contributed by atoms with Crippen molar-refractivity contribution < 1.29 is 14.1 Å². The van der Waals surface area contributed by atoms with Gasteiger partial charge in [0.15, 0.2) is 0 Å². The number of hydrogen-bond donors (Lipinski definition) is 1. The molecule has 2 rings (SSSR count).